The van der Waals surface area contributed by atoms with Crippen LogP contribution in [0.4, 0.5) is 5.69 Å². The van der Waals surface area contributed by atoms with Crippen molar-refractivity contribution in [2.45, 2.75) is 58.0 Å². The van der Waals surface area contributed by atoms with Gasteiger partial charge in [-0.15, -0.1) is 0 Å². The van der Waals surface area contributed by atoms with Crippen LogP contribution >= 0.6 is 12.2 Å². The Kier molecular flexibility index (Phi) is 6.90. The summed E-state index contributed by atoms with van der Waals surface area (Å²) in [6, 6.07) is 15.3. The highest BCUT2D eigenvalue weighted by atomic mass is 32.1. The van der Waals surface area contributed by atoms with Crippen LogP contribution in [0.5, 0.6) is 0 Å². The van der Waals surface area contributed by atoms with E-state index in [1.165, 1.54) is 12.8 Å². The van der Waals surface area contributed by atoms with Crippen LogP contribution in [0, 0.1) is 4.77 Å². The number of aryl methyl sites for hydroxylation is 2. The number of rotatable bonds is 8. The minimum atomic E-state index is -0.0683. The van der Waals surface area contributed by atoms with Gasteiger partial charge in [-0.25, -0.2) is 4.98 Å². The highest BCUT2D eigenvalue weighted by Crippen LogP contribution is 2.24. The number of aromatic nitrogens is 4. The predicted octanol–water partition coefficient (Wildman–Crippen LogP) is 5.46. The Labute approximate surface area is 208 Å². The van der Waals surface area contributed by atoms with Crippen LogP contribution in [0.2, 0.25) is 0 Å². The number of H-pyrrole nitrogens is 1. The molecule has 4 aromatic rings. The number of anilines is 1. The van der Waals surface area contributed by atoms with E-state index >= 15 is 0 Å². The Morgan fingerprint density at radius 1 is 1.06 bits per heavy atom. The zero-order valence-corrected chi connectivity index (χ0v) is 20.4. The first kappa shape index (κ1) is 23.2. The molecule has 1 aliphatic heterocycles. The van der Waals surface area contributed by atoms with E-state index in [1.54, 1.807) is 10.6 Å². The second kappa shape index (κ2) is 10.4. The summed E-state index contributed by atoms with van der Waals surface area (Å²) in [5.74, 6) is 1.16. The lowest BCUT2D eigenvalue weighted by molar-refractivity contribution is -0.116. The number of para-hydroxylation sites is 1. The van der Waals surface area contributed by atoms with Crippen molar-refractivity contribution >= 4 is 34.7 Å². The van der Waals surface area contributed by atoms with Crippen molar-refractivity contribution < 1.29 is 4.79 Å². The van der Waals surface area contributed by atoms with Crippen LogP contribution in [0.3, 0.4) is 0 Å². The SMILES string of the molecule is O=C(CCCCCn1c(=S)[nH]c2ccccc2c1=O)Nc1ccc(-c2cn3c(n2)CCCC3)cc1. The monoisotopic (exact) mass is 487 g/mol. The summed E-state index contributed by atoms with van der Waals surface area (Å²) in [5, 5.41) is 3.61. The number of nitrogens with one attached hydrogen (secondary N) is 2. The van der Waals surface area contributed by atoms with E-state index in [4.69, 9.17) is 17.2 Å². The van der Waals surface area contributed by atoms with Crippen molar-refractivity contribution in [2.75, 3.05) is 5.32 Å². The third-order valence-electron chi connectivity index (χ3n) is 6.55. The zero-order valence-electron chi connectivity index (χ0n) is 19.6. The summed E-state index contributed by atoms with van der Waals surface area (Å²) >= 11 is 5.36. The number of aromatic amines is 1. The van der Waals surface area contributed by atoms with Gasteiger partial charge in [0, 0.05) is 43.4 Å². The van der Waals surface area contributed by atoms with Gasteiger partial charge in [-0.1, -0.05) is 30.7 Å². The lowest BCUT2D eigenvalue weighted by Crippen LogP contribution is -2.22. The highest BCUT2D eigenvalue weighted by molar-refractivity contribution is 7.71. The normalized spacial score (nSPS) is 13.0. The van der Waals surface area contributed by atoms with Crippen LogP contribution in [0.25, 0.3) is 22.2 Å². The summed E-state index contributed by atoms with van der Waals surface area (Å²) in [7, 11) is 0. The van der Waals surface area contributed by atoms with Crippen LogP contribution in [0.15, 0.2) is 59.5 Å². The Bertz CT molecular complexity index is 1440. The third kappa shape index (κ3) is 5.27. The van der Waals surface area contributed by atoms with Gasteiger partial charge < -0.3 is 14.9 Å². The maximum Gasteiger partial charge on any atom is 0.262 e. The molecule has 1 aliphatic rings. The van der Waals surface area contributed by atoms with Gasteiger partial charge in [0.15, 0.2) is 4.77 Å². The molecule has 0 aliphatic carbocycles. The van der Waals surface area contributed by atoms with E-state index in [9.17, 15) is 9.59 Å². The molecule has 2 N–H and O–H groups in total. The minimum Gasteiger partial charge on any atom is -0.334 e. The number of amides is 1. The van der Waals surface area contributed by atoms with Gasteiger partial charge in [-0.3, -0.25) is 14.2 Å². The fourth-order valence-electron chi connectivity index (χ4n) is 4.63. The topological polar surface area (TPSA) is 84.7 Å². The van der Waals surface area contributed by atoms with Gasteiger partial charge in [0.05, 0.1) is 16.6 Å². The third-order valence-corrected chi connectivity index (χ3v) is 6.87. The fourth-order valence-corrected chi connectivity index (χ4v) is 4.92. The van der Waals surface area contributed by atoms with Gasteiger partial charge in [0.1, 0.15) is 5.82 Å². The molecule has 0 saturated carbocycles. The average Bonchev–Trinajstić information content (AvgIpc) is 3.30. The van der Waals surface area contributed by atoms with Gasteiger partial charge in [0.25, 0.3) is 5.56 Å². The Balaban J connectivity index is 1.09. The minimum absolute atomic E-state index is 0.00429. The molecule has 0 bridgehead atoms. The van der Waals surface area contributed by atoms with E-state index in [0.717, 1.165) is 60.5 Å². The molecule has 2 aromatic carbocycles. The molecule has 5 rings (SSSR count). The summed E-state index contributed by atoms with van der Waals surface area (Å²) < 4.78 is 4.29. The summed E-state index contributed by atoms with van der Waals surface area (Å²) in [5.41, 5.74) is 3.53. The van der Waals surface area contributed by atoms with Gasteiger partial charge >= 0.3 is 0 Å². The number of imidazole rings is 1. The molecule has 180 valence electrons. The zero-order chi connectivity index (χ0) is 24.2. The van der Waals surface area contributed by atoms with Crippen molar-refractivity contribution in [3.63, 3.8) is 0 Å². The maximum atomic E-state index is 12.7. The lowest BCUT2D eigenvalue weighted by atomic mass is 10.1. The first-order chi connectivity index (χ1) is 17.1. The molecular weight excluding hydrogens is 458 g/mol. The molecule has 3 heterocycles. The van der Waals surface area contributed by atoms with E-state index in [-0.39, 0.29) is 11.5 Å². The van der Waals surface area contributed by atoms with E-state index in [2.05, 4.69) is 21.1 Å². The molecule has 0 spiro atoms. The first-order valence-electron chi connectivity index (χ1n) is 12.3. The largest absolute Gasteiger partial charge is 0.334 e. The number of carbonyl (C=O) groups excluding carboxylic acids is 1. The highest BCUT2D eigenvalue weighted by Gasteiger charge is 2.13. The van der Waals surface area contributed by atoms with Crippen molar-refractivity contribution in [3.8, 4) is 11.3 Å². The predicted molar refractivity (Wildman–Crippen MR) is 141 cm³/mol. The molecule has 2 aromatic heterocycles. The molecule has 0 unspecified atom stereocenters. The number of hydrogen-bond acceptors (Lipinski definition) is 4. The molecular formula is C27H29N5O2S. The standard InChI is InChI=1S/C27H29N5O2S/c33-25(11-2-1-6-17-32-26(34)21-8-3-4-9-22(21)30-27(32)35)28-20-14-12-19(13-15-20)23-18-31-16-7-5-10-24(31)29-23/h3-4,8-9,12-15,18H,1-2,5-7,10-11,16-17H2,(H,28,33)(H,30,35). The summed E-state index contributed by atoms with van der Waals surface area (Å²) in [6.07, 6.45) is 8.40. The average molecular weight is 488 g/mol. The van der Waals surface area contributed by atoms with Gasteiger partial charge in [-0.2, -0.15) is 0 Å². The molecule has 0 radical (unpaired) electrons. The van der Waals surface area contributed by atoms with E-state index < -0.39 is 0 Å². The molecule has 0 atom stereocenters. The second-order valence-corrected chi connectivity index (χ2v) is 9.45. The Hall–Kier alpha value is -3.52. The van der Waals surface area contributed by atoms with Gasteiger partial charge in [0.2, 0.25) is 5.91 Å². The van der Waals surface area contributed by atoms with Crippen molar-refractivity contribution in [2.24, 2.45) is 0 Å². The fraction of sp³-hybridized carbons (Fsp3) is 0.333. The van der Waals surface area contributed by atoms with Crippen LogP contribution in [0.1, 0.15) is 44.3 Å². The number of carbonyl (C=O) groups is 1. The number of benzene rings is 2. The van der Waals surface area contributed by atoms with E-state index in [1.807, 2.05) is 42.5 Å². The summed E-state index contributed by atoms with van der Waals surface area (Å²) in [4.78, 5) is 33.0. The van der Waals surface area contributed by atoms with E-state index in [0.29, 0.717) is 23.1 Å². The van der Waals surface area contributed by atoms with Crippen molar-refractivity contribution in [1.82, 2.24) is 19.1 Å². The molecule has 7 nitrogen and oxygen atoms in total. The van der Waals surface area contributed by atoms with Crippen LogP contribution < -0.4 is 10.9 Å². The molecule has 0 fully saturated rings. The summed E-state index contributed by atoms with van der Waals surface area (Å²) in [6.45, 7) is 1.59. The number of nitrogens with zero attached hydrogens (tertiary/aromatic N) is 3. The quantitative estimate of drug-likeness (QED) is 0.255. The number of hydrogen-bond donors (Lipinski definition) is 2. The number of fused-ring (bicyclic) bond motifs is 2. The Morgan fingerprint density at radius 3 is 2.71 bits per heavy atom. The lowest BCUT2D eigenvalue weighted by Gasteiger charge is -2.11. The molecule has 35 heavy (non-hydrogen) atoms. The van der Waals surface area contributed by atoms with Crippen molar-refractivity contribution in [1.29, 1.82) is 0 Å². The smallest absolute Gasteiger partial charge is 0.262 e. The molecule has 8 heteroatoms. The molecule has 1 amide bonds. The number of unbranched alkanes of at least 4 members (excludes halogenated alkanes) is 2. The van der Waals surface area contributed by atoms with Crippen LogP contribution in [-0.4, -0.2) is 25.0 Å². The van der Waals surface area contributed by atoms with Crippen LogP contribution in [-0.2, 0) is 24.3 Å². The molecule has 0 saturated heterocycles. The second-order valence-electron chi connectivity index (χ2n) is 9.06. The van der Waals surface area contributed by atoms with Gasteiger partial charge in [-0.05, 0) is 62.2 Å². The first-order valence-corrected chi connectivity index (χ1v) is 12.7. The maximum absolute atomic E-state index is 12.7. The Morgan fingerprint density at radius 2 is 1.89 bits per heavy atom. The van der Waals surface area contributed by atoms with Crippen molar-refractivity contribution in [3.05, 3.63) is 75.7 Å².